The van der Waals surface area contributed by atoms with E-state index >= 15 is 0 Å². The SMILES string of the molecule is Cc1ccc(C)c(CC(=O)NCC2CCC(Cl)C2)c1. The molecule has 0 spiro atoms. The monoisotopic (exact) mass is 279 g/mol. The highest BCUT2D eigenvalue weighted by atomic mass is 35.5. The number of rotatable bonds is 4. The van der Waals surface area contributed by atoms with Crippen LogP contribution in [-0.4, -0.2) is 17.8 Å². The molecule has 0 aliphatic heterocycles. The van der Waals surface area contributed by atoms with Crippen LogP contribution in [0.25, 0.3) is 0 Å². The molecule has 2 nitrogen and oxygen atoms in total. The van der Waals surface area contributed by atoms with Crippen molar-refractivity contribution in [1.29, 1.82) is 0 Å². The number of nitrogens with one attached hydrogen (secondary N) is 1. The van der Waals surface area contributed by atoms with Crippen LogP contribution in [0, 0.1) is 19.8 Å². The predicted octanol–water partition coefficient (Wildman–Crippen LogP) is 3.37. The second kappa shape index (κ2) is 6.42. The summed E-state index contributed by atoms with van der Waals surface area (Å²) in [4.78, 5) is 12.0. The molecule has 2 atom stereocenters. The van der Waals surface area contributed by atoms with Crippen LogP contribution in [0.5, 0.6) is 0 Å². The Bertz CT molecular complexity index is 458. The zero-order valence-electron chi connectivity index (χ0n) is 11.7. The molecular weight excluding hydrogens is 258 g/mol. The minimum atomic E-state index is 0.117. The van der Waals surface area contributed by atoms with Gasteiger partial charge in [-0.15, -0.1) is 11.6 Å². The van der Waals surface area contributed by atoms with Gasteiger partial charge in [0.05, 0.1) is 6.42 Å². The molecule has 1 saturated carbocycles. The Labute approximate surface area is 120 Å². The molecular formula is C16H22ClNO. The van der Waals surface area contributed by atoms with Crippen LogP contribution in [-0.2, 0) is 11.2 Å². The van der Waals surface area contributed by atoms with Gasteiger partial charge in [-0.1, -0.05) is 23.8 Å². The number of carbonyl (C=O) groups excluding carboxylic acids is 1. The van der Waals surface area contributed by atoms with E-state index in [9.17, 15) is 4.79 Å². The first-order valence-electron chi connectivity index (χ1n) is 7.01. The molecule has 1 aromatic carbocycles. The molecule has 2 rings (SSSR count). The minimum absolute atomic E-state index is 0.117. The third-order valence-electron chi connectivity index (χ3n) is 3.92. The number of alkyl halides is 1. The largest absolute Gasteiger partial charge is 0.356 e. The number of aryl methyl sites for hydroxylation is 2. The summed E-state index contributed by atoms with van der Waals surface area (Å²) in [5.41, 5.74) is 3.51. The second-order valence-electron chi connectivity index (χ2n) is 5.69. The summed E-state index contributed by atoms with van der Waals surface area (Å²) in [6, 6.07) is 6.25. The maximum absolute atomic E-state index is 12.0. The predicted molar refractivity (Wildman–Crippen MR) is 79.6 cm³/mol. The van der Waals surface area contributed by atoms with Crippen molar-refractivity contribution in [3.63, 3.8) is 0 Å². The fraction of sp³-hybridized carbons (Fsp3) is 0.562. The summed E-state index contributed by atoms with van der Waals surface area (Å²) < 4.78 is 0. The van der Waals surface area contributed by atoms with Gasteiger partial charge in [-0.2, -0.15) is 0 Å². The molecule has 1 aliphatic carbocycles. The van der Waals surface area contributed by atoms with E-state index in [0.717, 1.165) is 31.4 Å². The van der Waals surface area contributed by atoms with E-state index in [0.29, 0.717) is 17.7 Å². The van der Waals surface area contributed by atoms with Gasteiger partial charge in [0.25, 0.3) is 0 Å². The van der Waals surface area contributed by atoms with Gasteiger partial charge in [-0.05, 0) is 50.2 Å². The van der Waals surface area contributed by atoms with Gasteiger partial charge in [-0.3, -0.25) is 4.79 Å². The van der Waals surface area contributed by atoms with Crippen molar-refractivity contribution in [2.45, 2.75) is 44.9 Å². The van der Waals surface area contributed by atoms with Crippen molar-refractivity contribution >= 4 is 17.5 Å². The molecule has 1 aliphatic rings. The molecule has 3 heteroatoms. The molecule has 0 radical (unpaired) electrons. The molecule has 0 saturated heterocycles. The molecule has 1 amide bonds. The fourth-order valence-corrected chi connectivity index (χ4v) is 3.06. The number of carbonyl (C=O) groups is 1. The Balaban J connectivity index is 1.82. The number of halogens is 1. The molecule has 104 valence electrons. The van der Waals surface area contributed by atoms with Crippen molar-refractivity contribution in [2.24, 2.45) is 5.92 Å². The second-order valence-corrected chi connectivity index (χ2v) is 6.30. The molecule has 0 aromatic heterocycles. The molecule has 1 N–H and O–H groups in total. The quantitative estimate of drug-likeness (QED) is 0.841. The van der Waals surface area contributed by atoms with Gasteiger partial charge in [0.15, 0.2) is 0 Å². The van der Waals surface area contributed by atoms with Crippen molar-refractivity contribution in [3.8, 4) is 0 Å². The third-order valence-corrected chi connectivity index (χ3v) is 4.32. The first-order valence-corrected chi connectivity index (χ1v) is 7.45. The maximum Gasteiger partial charge on any atom is 0.224 e. The number of benzene rings is 1. The summed E-state index contributed by atoms with van der Waals surface area (Å²) in [6.45, 7) is 4.88. The van der Waals surface area contributed by atoms with E-state index in [4.69, 9.17) is 11.6 Å². The van der Waals surface area contributed by atoms with Crippen LogP contribution in [0.4, 0.5) is 0 Å². The van der Waals surface area contributed by atoms with Crippen LogP contribution in [0.15, 0.2) is 18.2 Å². The smallest absolute Gasteiger partial charge is 0.224 e. The molecule has 0 heterocycles. The van der Waals surface area contributed by atoms with E-state index in [1.165, 1.54) is 11.1 Å². The third kappa shape index (κ3) is 4.24. The van der Waals surface area contributed by atoms with Gasteiger partial charge < -0.3 is 5.32 Å². The van der Waals surface area contributed by atoms with Crippen LogP contribution in [0.1, 0.15) is 36.0 Å². The lowest BCUT2D eigenvalue weighted by molar-refractivity contribution is -0.120. The van der Waals surface area contributed by atoms with Crippen LogP contribution < -0.4 is 5.32 Å². The van der Waals surface area contributed by atoms with Crippen molar-refractivity contribution in [1.82, 2.24) is 5.32 Å². The Kier molecular flexibility index (Phi) is 4.87. The van der Waals surface area contributed by atoms with Gasteiger partial charge in [0, 0.05) is 11.9 Å². The average Bonchev–Trinajstić information content (AvgIpc) is 2.77. The van der Waals surface area contributed by atoms with Crippen molar-refractivity contribution in [3.05, 3.63) is 34.9 Å². The summed E-state index contributed by atoms with van der Waals surface area (Å²) >= 11 is 6.08. The molecule has 1 fully saturated rings. The van der Waals surface area contributed by atoms with E-state index in [1.807, 2.05) is 0 Å². The lowest BCUT2D eigenvalue weighted by atomic mass is 10.0. The zero-order chi connectivity index (χ0) is 13.8. The van der Waals surface area contributed by atoms with Crippen molar-refractivity contribution in [2.75, 3.05) is 6.54 Å². The first kappa shape index (κ1) is 14.4. The number of hydrogen-bond donors (Lipinski definition) is 1. The van der Waals surface area contributed by atoms with Gasteiger partial charge >= 0.3 is 0 Å². The highest BCUT2D eigenvalue weighted by molar-refractivity contribution is 6.20. The average molecular weight is 280 g/mol. The summed E-state index contributed by atoms with van der Waals surface area (Å²) in [6.07, 6.45) is 3.73. The Morgan fingerprint density at radius 2 is 2.16 bits per heavy atom. The summed E-state index contributed by atoms with van der Waals surface area (Å²) in [7, 11) is 0. The fourth-order valence-electron chi connectivity index (χ4n) is 2.68. The van der Waals surface area contributed by atoms with E-state index < -0.39 is 0 Å². The van der Waals surface area contributed by atoms with E-state index in [1.54, 1.807) is 0 Å². The maximum atomic E-state index is 12.0. The highest BCUT2D eigenvalue weighted by Gasteiger charge is 2.23. The Morgan fingerprint density at radius 3 is 2.84 bits per heavy atom. The molecule has 0 bridgehead atoms. The van der Waals surface area contributed by atoms with Crippen LogP contribution in [0.2, 0.25) is 0 Å². The minimum Gasteiger partial charge on any atom is -0.356 e. The summed E-state index contributed by atoms with van der Waals surface area (Å²) in [5, 5.41) is 3.35. The van der Waals surface area contributed by atoms with Gasteiger partial charge in [-0.25, -0.2) is 0 Å². The van der Waals surface area contributed by atoms with E-state index in [2.05, 4.69) is 37.4 Å². The van der Waals surface area contributed by atoms with Gasteiger partial charge in [0.2, 0.25) is 5.91 Å². The Morgan fingerprint density at radius 1 is 1.37 bits per heavy atom. The molecule has 1 aromatic rings. The van der Waals surface area contributed by atoms with Gasteiger partial charge in [0.1, 0.15) is 0 Å². The molecule has 2 unspecified atom stereocenters. The normalized spacial score (nSPS) is 22.5. The Hall–Kier alpha value is -1.02. The lowest BCUT2D eigenvalue weighted by Crippen LogP contribution is -2.30. The molecule has 19 heavy (non-hydrogen) atoms. The number of hydrogen-bond acceptors (Lipinski definition) is 1. The van der Waals surface area contributed by atoms with Crippen LogP contribution >= 0.6 is 11.6 Å². The first-order chi connectivity index (χ1) is 9.04. The lowest BCUT2D eigenvalue weighted by Gasteiger charge is -2.12. The number of amides is 1. The van der Waals surface area contributed by atoms with E-state index in [-0.39, 0.29) is 5.91 Å². The summed E-state index contributed by atoms with van der Waals surface area (Å²) in [5.74, 6) is 0.678. The topological polar surface area (TPSA) is 29.1 Å². The van der Waals surface area contributed by atoms with Crippen molar-refractivity contribution < 1.29 is 4.79 Å². The standard InChI is InChI=1S/C16H22ClNO/c1-11-3-4-12(2)14(7-11)9-16(19)18-10-13-5-6-15(17)8-13/h3-4,7,13,15H,5-6,8-10H2,1-2H3,(H,18,19). The van der Waals surface area contributed by atoms with Crippen LogP contribution in [0.3, 0.4) is 0 Å². The zero-order valence-corrected chi connectivity index (χ0v) is 12.5. The highest BCUT2D eigenvalue weighted by Crippen LogP contribution is 2.28.